The lowest BCUT2D eigenvalue weighted by atomic mass is 9.93. The van der Waals surface area contributed by atoms with E-state index in [-0.39, 0.29) is 6.10 Å². The van der Waals surface area contributed by atoms with Gasteiger partial charge in [-0.1, -0.05) is 13.8 Å². The minimum atomic E-state index is -0.586. The molecule has 0 saturated carbocycles. The first-order valence-electron chi connectivity index (χ1n) is 6.07. The predicted molar refractivity (Wildman–Crippen MR) is 62.0 cm³/mol. The summed E-state index contributed by atoms with van der Waals surface area (Å²) in [5.74, 6) is 0. The van der Waals surface area contributed by atoms with Crippen LogP contribution in [0.1, 0.15) is 46.5 Å². The van der Waals surface area contributed by atoms with Crippen molar-refractivity contribution in [2.45, 2.75) is 64.2 Å². The highest BCUT2D eigenvalue weighted by Crippen LogP contribution is 2.24. The van der Waals surface area contributed by atoms with Crippen molar-refractivity contribution >= 4 is 0 Å². The molecule has 1 fully saturated rings. The van der Waals surface area contributed by atoms with Crippen molar-refractivity contribution in [3.05, 3.63) is 0 Å². The molecule has 3 heteroatoms. The fourth-order valence-electron chi connectivity index (χ4n) is 2.03. The highest BCUT2D eigenvalue weighted by Gasteiger charge is 2.27. The van der Waals surface area contributed by atoms with E-state index in [9.17, 15) is 5.11 Å². The fraction of sp³-hybridized carbons (Fsp3) is 1.00. The highest BCUT2D eigenvalue weighted by molar-refractivity contribution is 4.80. The molecule has 90 valence electrons. The maximum Gasteiger partial charge on any atom is 0.0656 e. The summed E-state index contributed by atoms with van der Waals surface area (Å²) >= 11 is 0. The van der Waals surface area contributed by atoms with Crippen LogP contribution in [0.25, 0.3) is 0 Å². The summed E-state index contributed by atoms with van der Waals surface area (Å²) in [7, 11) is 0. The summed E-state index contributed by atoms with van der Waals surface area (Å²) in [5, 5.41) is 13.5. The van der Waals surface area contributed by atoms with Crippen LogP contribution in [0.4, 0.5) is 0 Å². The Bertz CT molecular complexity index is 174. The molecular weight excluding hydrogens is 190 g/mol. The van der Waals surface area contributed by atoms with E-state index in [4.69, 9.17) is 4.74 Å². The van der Waals surface area contributed by atoms with Gasteiger partial charge in [0, 0.05) is 19.1 Å². The minimum absolute atomic E-state index is 0.277. The molecule has 15 heavy (non-hydrogen) atoms. The van der Waals surface area contributed by atoms with E-state index >= 15 is 0 Å². The first-order valence-corrected chi connectivity index (χ1v) is 6.07. The van der Waals surface area contributed by atoms with Gasteiger partial charge in [-0.15, -0.1) is 0 Å². The Morgan fingerprint density at radius 2 is 2.27 bits per heavy atom. The summed E-state index contributed by atoms with van der Waals surface area (Å²) < 4.78 is 5.54. The number of hydrogen-bond acceptors (Lipinski definition) is 3. The molecule has 2 unspecified atom stereocenters. The molecule has 0 bridgehead atoms. The number of rotatable bonds is 6. The summed E-state index contributed by atoms with van der Waals surface area (Å²) in [4.78, 5) is 0. The predicted octanol–water partition coefficient (Wildman–Crippen LogP) is 1.69. The normalized spacial score (nSPS) is 25.8. The molecule has 3 nitrogen and oxygen atoms in total. The number of ether oxygens (including phenoxy) is 1. The van der Waals surface area contributed by atoms with Crippen LogP contribution in [0.2, 0.25) is 0 Å². The SMILES string of the molecule is CC(C)NCCC(C)(O)CC1CCCO1. The molecule has 1 aliphatic heterocycles. The fourth-order valence-corrected chi connectivity index (χ4v) is 2.03. The van der Waals surface area contributed by atoms with Crippen LogP contribution in [-0.4, -0.2) is 36.0 Å². The van der Waals surface area contributed by atoms with Crippen molar-refractivity contribution in [1.82, 2.24) is 5.32 Å². The van der Waals surface area contributed by atoms with Crippen molar-refractivity contribution in [3.63, 3.8) is 0 Å². The third kappa shape index (κ3) is 5.50. The third-order valence-electron chi connectivity index (χ3n) is 2.91. The lowest BCUT2D eigenvalue weighted by molar-refractivity contribution is -0.0119. The lowest BCUT2D eigenvalue weighted by Crippen LogP contribution is -2.35. The minimum Gasteiger partial charge on any atom is -0.390 e. The van der Waals surface area contributed by atoms with Crippen LogP contribution in [0, 0.1) is 0 Å². The first kappa shape index (κ1) is 12.9. The van der Waals surface area contributed by atoms with Crippen LogP contribution >= 0.6 is 0 Å². The Hall–Kier alpha value is -0.120. The van der Waals surface area contributed by atoms with Crippen molar-refractivity contribution in [3.8, 4) is 0 Å². The van der Waals surface area contributed by atoms with E-state index < -0.39 is 5.60 Å². The molecule has 2 N–H and O–H groups in total. The summed E-state index contributed by atoms with van der Waals surface area (Å²) in [6.45, 7) is 7.89. The van der Waals surface area contributed by atoms with E-state index in [1.54, 1.807) is 0 Å². The van der Waals surface area contributed by atoms with Gasteiger partial charge in [-0.3, -0.25) is 0 Å². The molecule has 0 amide bonds. The van der Waals surface area contributed by atoms with E-state index in [1.165, 1.54) is 0 Å². The second-order valence-corrected chi connectivity index (χ2v) is 5.19. The van der Waals surface area contributed by atoms with Gasteiger partial charge in [-0.25, -0.2) is 0 Å². The van der Waals surface area contributed by atoms with Crippen molar-refractivity contribution in [2.75, 3.05) is 13.2 Å². The monoisotopic (exact) mass is 215 g/mol. The van der Waals surface area contributed by atoms with Crippen LogP contribution in [0.5, 0.6) is 0 Å². The molecule has 0 aliphatic carbocycles. The standard InChI is InChI=1S/C12H25NO2/c1-10(2)13-7-6-12(3,14)9-11-5-4-8-15-11/h10-11,13-14H,4-9H2,1-3H3. The highest BCUT2D eigenvalue weighted by atomic mass is 16.5. The molecule has 2 atom stereocenters. The first-order chi connectivity index (χ1) is 6.99. The molecule has 1 aliphatic rings. The quantitative estimate of drug-likeness (QED) is 0.708. The molecular formula is C12H25NO2. The zero-order valence-corrected chi connectivity index (χ0v) is 10.3. The molecule has 0 spiro atoms. The van der Waals surface area contributed by atoms with Crippen molar-refractivity contribution in [1.29, 1.82) is 0 Å². The second kappa shape index (κ2) is 5.83. The topological polar surface area (TPSA) is 41.5 Å². The molecule has 0 aromatic heterocycles. The number of nitrogens with one attached hydrogen (secondary N) is 1. The van der Waals surface area contributed by atoms with Crippen LogP contribution in [0.15, 0.2) is 0 Å². The zero-order valence-electron chi connectivity index (χ0n) is 10.3. The average Bonchev–Trinajstić information content (AvgIpc) is 2.54. The van der Waals surface area contributed by atoms with E-state index in [2.05, 4.69) is 19.2 Å². The van der Waals surface area contributed by atoms with Gasteiger partial charge >= 0.3 is 0 Å². The van der Waals surface area contributed by atoms with Crippen LogP contribution < -0.4 is 5.32 Å². The summed E-state index contributed by atoms with van der Waals surface area (Å²) in [5.41, 5.74) is -0.586. The van der Waals surface area contributed by atoms with Gasteiger partial charge in [0.15, 0.2) is 0 Å². The summed E-state index contributed by atoms with van der Waals surface area (Å²) in [6, 6.07) is 0.489. The van der Waals surface area contributed by atoms with Gasteiger partial charge in [-0.2, -0.15) is 0 Å². The third-order valence-corrected chi connectivity index (χ3v) is 2.91. The Morgan fingerprint density at radius 3 is 2.80 bits per heavy atom. The Morgan fingerprint density at radius 1 is 1.53 bits per heavy atom. The lowest BCUT2D eigenvalue weighted by Gasteiger charge is -2.26. The van der Waals surface area contributed by atoms with Gasteiger partial charge in [0.05, 0.1) is 11.7 Å². The van der Waals surface area contributed by atoms with Gasteiger partial charge in [0.2, 0.25) is 0 Å². The Labute approximate surface area is 93.2 Å². The maximum atomic E-state index is 10.2. The van der Waals surface area contributed by atoms with E-state index in [0.29, 0.717) is 6.04 Å². The zero-order chi connectivity index (χ0) is 11.3. The van der Waals surface area contributed by atoms with E-state index in [0.717, 1.165) is 38.8 Å². The molecule has 1 heterocycles. The largest absolute Gasteiger partial charge is 0.390 e. The summed E-state index contributed by atoms with van der Waals surface area (Å²) in [6.07, 6.45) is 4.09. The molecule has 0 aromatic carbocycles. The van der Waals surface area contributed by atoms with Gasteiger partial charge in [0.25, 0.3) is 0 Å². The maximum absolute atomic E-state index is 10.2. The van der Waals surface area contributed by atoms with Crippen LogP contribution in [-0.2, 0) is 4.74 Å². The smallest absolute Gasteiger partial charge is 0.0656 e. The van der Waals surface area contributed by atoms with E-state index in [1.807, 2.05) is 6.92 Å². The van der Waals surface area contributed by atoms with Crippen molar-refractivity contribution < 1.29 is 9.84 Å². The van der Waals surface area contributed by atoms with Gasteiger partial charge in [0.1, 0.15) is 0 Å². The van der Waals surface area contributed by atoms with Gasteiger partial charge in [-0.05, 0) is 32.7 Å². The molecule has 0 aromatic rings. The Kier molecular flexibility index (Phi) is 5.03. The van der Waals surface area contributed by atoms with Gasteiger partial charge < -0.3 is 15.2 Å². The second-order valence-electron chi connectivity index (χ2n) is 5.19. The van der Waals surface area contributed by atoms with Crippen LogP contribution in [0.3, 0.4) is 0 Å². The number of aliphatic hydroxyl groups is 1. The molecule has 0 radical (unpaired) electrons. The average molecular weight is 215 g/mol. The van der Waals surface area contributed by atoms with Crippen molar-refractivity contribution in [2.24, 2.45) is 0 Å². The molecule has 1 saturated heterocycles. The number of hydrogen-bond donors (Lipinski definition) is 2. The molecule has 1 rings (SSSR count). The Balaban J connectivity index is 2.18.